The number of aliphatic hydroxyl groups excluding tert-OH is 2. The number of carboxylic acid groups (broad SMARTS) is 1. The highest BCUT2D eigenvalue weighted by atomic mass is 19.4. The minimum Gasteiger partial charge on any atom is -0.491 e. The zero-order chi connectivity index (χ0) is 23.7. The predicted octanol–water partition coefficient (Wildman–Crippen LogP) is 3.77. The Morgan fingerprint density at radius 1 is 1.28 bits per heavy atom. The molecular weight excluding hydrogens is 429 g/mol. The zero-order valence-corrected chi connectivity index (χ0v) is 17.4. The molecule has 1 aliphatic rings. The van der Waals surface area contributed by atoms with Gasteiger partial charge in [0.25, 0.3) is 0 Å². The Balaban J connectivity index is 1.88. The Morgan fingerprint density at radius 2 is 2.03 bits per heavy atom. The van der Waals surface area contributed by atoms with Crippen molar-refractivity contribution in [3.8, 4) is 5.75 Å². The van der Waals surface area contributed by atoms with Crippen molar-refractivity contribution >= 4 is 11.8 Å². The van der Waals surface area contributed by atoms with Crippen LogP contribution in [0.25, 0.3) is 0 Å². The van der Waals surface area contributed by atoms with Crippen molar-refractivity contribution in [2.24, 2.45) is 11.8 Å². The third-order valence-corrected chi connectivity index (χ3v) is 5.19. The maximum Gasteiger partial charge on any atom is 0.416 e. The van der Waals surface area contributed by atoms with Crippen molar-refractivity contribution in [2.75, 3.05) is 6.61 Å². The second kappa shape index (κ2) is 11.8. The summed E-state index contributed by atoms with van der Waals surface area (Å²) in [6.07, 6.45) is 1.49. The van der Waals surface area contributed by atoms with Gasteiger partial charge in [-0.1, -0.05) is 30.4 Å². The number of hydrogen-bond acceptors (Lipinski definition) is 5. The summed E-state index contributed by atoms with van der Waals surface area (Å²) in [6.45, 7) is -0.289. The molecule has 0 aromatic heterocycles. The van der Waals surface area contributed by atoms with Gasteiger partial charge in [0.15, 0.2) is 0 Å². The average Bonchev–Trinajstić information content (AvgIpc) is 2.99. The number of benzene rings is 1. The summed E-state index contributed by atoms with van der Waals surface area (Å²) in [7, 11) is 0. The second-order valence-corrected chi connectivity index (χ2v) is 7.70. The first-order chi connectivity index (χ1) is 15.1. The van der Waals surface area contributed by atoms with E-state index in [1.807, 2.05) is 0 Å². The molecule has 0 radical (unpaired) electrons. The number of aliphatic hydroxyl groups is 2. The highest BCUT2D eigenvalue weighted by molar-refractivity contribution is 5.84. The Labute approximate surface area is 184 Å². The molecule has 0 bridgehead atoms. The minimum absolute atomic E-state index is 0.00333. The molecule has 1 aromatic rings. The van der Waals surface area contributed by atoms with Crippen LogP contribution in [0.4, 0.5) is 13.2 Å². The van der Waals surface area contributed by atoms with Gasteiger partial charge in [-0.2, -0.15) is 13.2 Å². The van der Waals surface area contributed by atoms with E-state index in [-0.39, 0.29) is 31.0 Å². The number of allylic oxidation sites excluding steroid dienone is 2. The maximum absolute atomic E-state index is 12.8. The van der Waals surface area contributed by atoms with Crippen LogP contribution in [-0.2, 0) is 15.8 Å². The van der Waals surface area contributed by atoms with Gasteiger partial charge in [0.05, 0.1) is 11.7 Å². The van der Waals surface area contributed by atoms with E-state index in [9.17, 15) is 33.0 Å². The summed E-state index contributed by atoms with van der Waals surface area (Å²) in [4.78, 5) is 22.7. The fourth-order valence-electron chi connectivity index (χ4n) is 3.52. The van der Waals surface area contributed by atoms with Crippen molar-refractivity contribution in [3.05, 3.63) is 54.1 Å². The van der Waals surface area contributed by atoms with Crippen LogP contribution in [0.3, 0.4) is 0 Å². The van der Waals surface area contributed by atoms with E-state index in [0.29, 0.717) is 19.3 Å². The van der Waals surface area contributed by atoms with Gasteiger partial charge in [-0.05, 0) is 37.5 Å². The summed E-state index contributed by atoms with van der Waals surface area (Å²) < 4.78 is 43.5. The van der Waals surface area contributed by atoms with E-state index in [4.69, 9.17) is 9.84 Å². The maximum atomic E-state index is 12.8. The molecule has 6 nitrogen and oxygen atoms in total. The molecule has 9 heteroatoms. The van der Waals surface area contributed by atoms with E-state index < -0.39 is 41.8 Å². The Morgan fingerprint density at radius 3 is 2.72 bits per heavy atom. The lowest BCUT2D eigenvalue weighted by molar-refractivity contribution is -0.138. The van der Waals surface area contributed by atoms with Gasteiger partial charge in [-0.3, -0.25) is 9.59 Å². The molecule has 2 rings (SSSR count). The van der Waals surface area contributed by atoms with Gasteiger partial charge in [0.1, 0.15) is 24.2 Å². The molecule has 1 aromatic carbocycles. The molecule has 0 amide bonds. The number of ketones is 1. The molecular formula is C23H27F3O6. The summed E-state index contributed by atoms with van der Waals surface area (Å²) in [6, 6.07) is 4.32. The first-order valence-corrected chi connectivity index (χ1v) is 10.3. The summed E-state index contributed by atoms with van der Waals surface area (Å²) in [5, 5.41) is 28.9. The van der Waals surface area contributed by atoms with Gasteiger partial charge in [-0.15, -0.1) is 0 Å². The van der Waals surface area contributed by atoms with Crippen LogP contribution in [0, 0.1) is 11.8 Å². The normalized spacial score (nSPS) is 22.7. The molecule has 0 saturated heterocycles. The van der Waals surface area contributed by atoms with Crippen LogP contribution >= 0.6 is 0 Å². The largest absolute Gasteiger partial charge is 0.491 e. The van der Waals surface area contributed by atoms with Gasteiger partial charge in [-0.25, -0.2) is 0 Å². The lowest BCUT2D eigenvalue weighted by atomic mass is 9.90. The van der Waals surface area contributed by atoms with E-state index in [2.05, 4.69) is 0 Å². The molecule has 0 aliphatic heterocycles. The minimum atomic E-state index is -4.50. The Hall–Kier alpha value is -2.65. The third kappa shape index (κ3) is 8.12. The SMILES string of the molecule is O=C(O)CCC/C=C/CC1C(=O)CC(O)C1/C=C/C(O)COc1cccc(C(F)(F)F)c1. The summed E-state index contributed by atoms with van der Waals surface area (Å²) in [5.74, 6) is -1.97. The van der Waals surface area contributed by atoms with E-state index in [1.165, 1.54) is 18.2 Å². The molecule has 0 spiro atoms. The van der Waals surface area contributed by atoms with Crippen LogP contribution < -0.4 is 4.74 Å². The van der Waals surface area contributed by atoms with Crippen LogP contribution in [0.1, 0.15) is 37.7 Å². The summed E-state index contributed by atoms with van der Waals surface area (Å²) >= 11 is 0. The fourth-order valence-corrected chi connectivity index (χ4v) is 3.52. The fraction of sp³-hybridized carbons (Fsp3) is 0.478. The molecule has 4 unspecified atom stereocenters. The molecule has 32 heavy (non-hydrogen) atoms. The molecule has 1 saturated carbocycles. The number of alkyl halides is 3. The van der Waals surface area contributed by atoms with Crippen LogP contribution in [0.5, 0.6) is 5.75 Å². The van der Waals surface area contributed by atoms with Crippen LogP contribution in [0.2, 0.25) is 0 Å². The van der Waals surface area contributed by atoms with Crippen molar-refractivity contribution in [2.45, 2.75) is 50.5 Å². The van der Waals surface area contributed by atoms with Gasteiger partial charge >= 0.3 is 12.1 Å². The van der Waals surface area contributed by atoms with Gasteiger partial charge in [0.2, 0.25) is 0 Å². The Kier molecular flexibility index (Phi) is 9.46. The van der Waals surface area contributed by atoms with Gasteiger partial charge in [0, 0.05) is 24.7 Å². The quantitative estimate of drug-likeness (QED) is 0.346. The second-order valence-electron chi connectivity index (χ2n) is 7.70. The first kappa shape index (κ1) is 25.6. The number of hydrogen-bond donors (Lipinski definition) is 3. The number of ether oxygens (including phenoxy) is 1. The molecule has 1 fully saturated rings. The highest BCUT2D eigenvalue weighted by Gasteiger charge is 2.39. The van der Waals surface area contributed by atoms with Crippen molar-refractivity contribution < 1.29 is 42.8 Å². The van der Waals surface area contributed by atoms with Crippen molar-refractivity contribution in [1.29, 1.82) is 0 Å². The van der Waals surface area contributed by atoms with Crippen molar-refractivity contribution in [1.82, 2.24) is 0 Å². The van der Waals surface area contributed by atoms with E-state index >= 15 is 0 Å². The number of carboxylic acids is 1. The van der Waals surface area contributed by atoms with E-state index in [1.54, 1.807) is 18.2 Å². The number of halogens is 3. The van der Waals surface area contributed by atoms with Crippen LogP contribution in [0.15, 0.2) is 48.6 Å². The van der Waals surface area contributed by atoms with Crippen LogP contribution in [-0.4, -0.2) is 45.9 Å². The number of carbonyl (C=O) groups excluding carboxylic acids is 1. The number of aliphatic carboxylic acids is 1. The first-order valence-electron chi connectivity index (χ1n) is 10.3. The number of unbranched alkanes of at least 4 members (excludes halogenated alkanes) is 1. The molecule has 0 heterocycles. The number of carbonyl (C=O) groups is 2. The van der Waals surface area contributed by atoms with E-state index in [0.717, 1.165) is 12.1 Å². The lowest BCUT2D eigenvalue weighted by Gasteiger charge is -2.17. The molecule has 4 atom stereocenters. The smallest absolute Gasteiger partial charge is 0.416 e. The predicted molar refractivity (Wildman–Crippen MR) is 110 cm³/mol. The summed E-state index contributed by atoms with van der Waals surface area (Å²) in [5.41, 5.74) is -0.855. The highest BCUT2D eigenvalue weighted by Crippen LogP contribution is 2.34. The molecule has 3 N–H and O–H groups in total. The molecule has 1 aliphatic carbocycles. The Bertz CT molecular complexity index is 833. The zero-order valence-electron chi connectivity index (χ0n) is 17.4. The monoisotopic (exact) mass is 456 g/mol. The average molecular weight is 456 g/mol. The van der Waals surface area contributed by atoms with Gasteiger partial charge < -0.3 is 20.1 Å². The van der Waals surface area contributed by atoms with Crippen molar-refractivity contribution in [3.63, 3.8) is 0 Å². The number of rotatable bonds is 11. The topological polar surface area (TPSA) is 104 Å². The molecule has 176 valence electrons. The lowest BCUT2D eigenvalue weighted by Crippen LogP contribution is -2.20. The third-order valence-electron chi connectivity index (χ3n) is 5.19. The standard InChI is InChI=1S/C23H27F3O6/c24-23(25,26)15-6-5-7-17(12-15)32-14-16(27)10-11-19-18(20(28)13-21(19)29)8-3-1-2-4-9-22(30)31/h1,3,5-7,10-12,16,18-19,21,27,29H,2,4,8-9,13-14H2,(H,30,31)/b3-1+,11-10+. The number of Topliss-reactive ketones (excluding diaryl/α,β-unsaturated/α-hetero) is 1.